The van der Waals surface area contributed by atoms with Crippen LogP contribution >= 0.6 is 0 Å². The number of benzene rings is 1. The molecule has 185 valence electrons. The molecular weight excluding hydrogens is 523 g/mol. The van der Waals surface area contributed by atoms with Gasteiger partial charge in [0.15, 0.2) is 0 Å². The van der Waals surface area contributed by atoms with Gasteiger partial charge in [-0.05, 0) is 0 Å². The molecule has 1 aliphatic heterocycles. The van der Waals surface area contributed by atoms with E-state index >= 15 is 0 Å². The zero-order chi connectivity index (χ0) is 25.7. The Hall–Kier alpha value is -3.68. The van der Waals surface area contributed by atoms with Gasteiger partial charge in [0.05, 0.1) is 0 Å². The first-order valence-electron chi connectivity index (χ1n) is 11.2. The molecule has 0 unspecified atom stereocenters. The van der Waals surface area contributed by atoms with E-state index in [2.05, 4.69) is 16.4 Å². The normalized spacial score (nSPS) is 14.3. The summed E-state index contributed by atoms with van der Waals surface area (Å²) < 4.78 is 0.798. The van der Waals surface area contributed by atoms with Gasteiger partial charge in [-0.2, -0.15) is 0 Å². The molecule has 1 radical (unpaired) electrons. The molecular formula is C24H25AsN8O3-. The number of nitrogen functional groups attached to an aromatic ring is 1. The molecule has 1 aliphatic rings. The van der Waals surface area contributed by atoms with Gasteiger partial charge in [-0.3, -0.25) is 0 Å². The summed E-state index contributed by atoms with van der Waals surface area (Å²) in [6.45, 7) is 2.34. The number of hydrogen-bond donors (Lipinski definition) is 3. The molecule has 1 amide bonds. The molecule has 3 aromatic rings. The molecule has 4 rings (SSSR count). The molecule has 2 aromatic heterocycles. The second-order valence-corrected chi connectivity index (χ2v) is 10.8. The second-order valence-electron chi connectivity index (χ2n) is 8.19. The Morgan fingerprint density at radius 2 is 1.97 bits per heavy atom. The van der Waals surface area contributed by atoms with Gasteiger partial charge in [0.2, 0.25) is 0 Å². The number of hydrogen-bond acceptors (Lipinski definition) is 10. The van der Waals surface area contributed by atoms with Crippen LogP contribution in [0.25, 0.3) is 11.3 Å². The molecule has 4 N–H and O–H groups in total. The van der Waals surface area contributed by atoms with E-state index in [1.165, 1.54) is 6.07 Å². The second kappa shape index (κ2) is 11.4. The van der Waals surface area contributed by atoms with E-state index in [1.807, 2.05) is 36.2 Å². The molecule has 0 bridgehead atoms. The van der Waals surface area contributed by atoms with Crippen molar-refractivity contribution in [1.29, 1.82) is 5.26 Å². The Bertz CT molecular complexity index is 1280. The van der Waals surface area contributed by atoms with Crippen molar-refractivity contribution >= 4 is 49.2 Å². The van der Waals surface area contributed by atoms with Crippen LogP contribution in [0.3, 0.4) is 0 Å². The predicted octanol–water partition coefficient (Wildman–Crippen LogP) is 1.43. The zero-order valence-electron chi connectivity index (χ0n) is 19.6. The van der Waals surface area contributed by atoms with Crippen molar-refractivity contribution in [3.63, 3.8) is 0 Å². The summed E-state index contributed by atoms with van der Waals surface area (Å²) in [6.07, 6.45) is 0. The average molecular weight is 548 g/mol. The topological polar surface area (TPSA) is 158 Å². The molecule has 0 atom stereocenters. The number of carbonyl (C=O) groups is 1. The molecule has 3 heterocycles. The van der Waals surface area contributed by atoms with Crippen LogP contribution in [0.1, 0.15) is 5.56 Å². The van der Waals surface area contributed by atoms with Gasteiger partial charge in [0, 0.05) is 0 Å². The maximum atomic E-state index is 12.8. The Labute approximate surface area is 215 Å². The van der Waals surface area contributed by atoms with Crippen LogP contribution < -0.4 is 25.7 Å². The minimum atomic E-state index is -0.318. The Kier molecular flexibility index (Phi) is 8.03. The number of piperazine rings is 1. The number of nitrogens with zero attached hydrogens (tertiary/aromatic N) is 6. The molecule has 1 fully saturated rings. The van der Waals surface area contributed by atoms with Crippen molar-refractivity contribution in [2.75, 3.05) is 54.4 Å². The van der Waals surface area contributed by atoms with Crippen LogP contribution in [0.4, 0.5) is 23.0 Å². The molecule has 0 saturated carbocycles. The third-order valence-corrected chi connectivity index (χ3v) is 7.79. The van der Waals surface area contributed by atoms with Crippen LogP contribution in [0, 0.1) is 16.5 Å². The van der Waals surface area contributed by atoms with Crippen molar-refractivity contribution in [1.82, 2.24) is 14.9 Å². The number of likely N-dealkylation sites (N-methyl/N-ethyl adjacent to an activating group) is 1. The fraction of sp³-hybridized carbons (Fsp3) is 0.250. The van der Waals surface area contributed by atoms with E-state index in [-0.39, 0.29) is 38.4 Å². The van der Waals surface area contributed by atoms with Gasteiger partial charge >= 0.3 is 216 Å². The summed E-state index contributed by atoms with van der Waals surface area (Å²) >= 11 is -0.318. The number of pyridine rings is 2. The number of anilines is 4. The molecule has 1 aromatic carbocycles. The minimum absolute atomic E-state index is 0.00367. The van der Waals surface area contributed by atoms with Crippen LogP contribution in [-0.4, -0.2) is 75.0 Å². The van der Waals surface area contributed by atoms with Gasteiger partial charge < -0.3 is 0 Å². The molecule has 12 heteroatoms. The molecule has 0 spiro atoms. The van der Waals surface area contributed by atoms with Crippen molar-refractivity contribution in [2.45, 2.75) is 5.21 Å². The maximum absolute atomic E-state index is 12.8. The third kappa shape index (κ3) is 5.93. The number of rotatable bonds is 8. The third-order valence-electron chi connectivity index (χ3n) is 5.65. The van der Waals surface area contributed by atoms with Crippen LogP contribution in [0.5, 0.6) is 0 Å². The Balaban J connectivity index is 1.49. The van der Waals surface area contributed by atoms with E-state index in [0.29, 0.717) is 36.7 Å². The first kappa shape index (κ1) is 25.4. The van der Waals surface area contributed by atoms with Gasteiger partial charge in [-0.25, -0.2) is 0 Å². The van der Waals surface area contributed by atoms with Gasteiger partial charge in [-0.15, -0.1) is 0 Å². The number of nitrogens with two attached hydrogens (primary N) is 1. The zero-order valence-corrected chi connectivity index (χ0v) is 21.5. The molecule has 1 saturated heterocycles. The summed E-state index contributed by atoms with van der Waals surface area (Å²) in [4.78, 5) is 25.5. The van der Waals surface area contributed by atoms with E-state index < -0.39 is 0 Å². The van der Waals surface area contributed by atoms with E-state index in [1.54, 1.807) is 23.1 Å². The fourth-order valence-electron chi connectivity index (χ4n) is 3.79. The Morgan fingerprint density at radius 1 is 1.19 bits per heavy atom. The van der Waals surface area contributed by atoms with Crippen molar-refractivity contribution in [3.05, 3.63) is 59.3 Å². The monoisotopic (exact) mass is 548 g/mol. The van der Waals surface area contributed by atoms with E-state index in [4.69, 9.17) is 21.2 Å². The summed E-state index contributed by atoms with van der Waals surface area (Å²) in [5.74, 6) is 0.686. The van der Waals surface area contributed by atoms with Gasteiger partial charge in [-0.1, -0.05) is 0 Å². The first-order valence-corrected chi connectivity index (χ1v) is 13.5. The van der Waals surface area contributed by atoms with E-state index in [0.717, 1.165) is 27.5 Å². The predicted molar refractivity (Wildman–Crippen MR) is 139 cm³/mol. The first-order chi connectivity index (χ1) is 17.4. The number of nitriles is 1. The average Bonchev–Trinajstić information content (AvgIpc) is 2.87. The molecule has 0 aliphatic carbocycles. The van der Waals surface area contributed by atoms with E-state index in [9.17, 15) is 10.0 Å². The summed E-state index contributed by atoms with van der Waals surface area (Å²) in [7, 11) is 1.92. The van der Waals surface area contributed by atoms with Gasteiger partial charge in [0.1, 0.15) is 0 Å². The number of nitrogens with one attached hydrogen (secondary N) is 1. The standard InChI is InChI=1S/C24H25AsN8O3/c1-31-12-13-32(22(34)15-31)18-7-9-21(30-23(18)17-4-2-16(14-26)3-5-17)28-11-10-25-20-8-6-19(33(35)36)24(27)29-20/h2-9,35H,10-13,15H2,1H3,(H2,27,29)(H,28,30)/q-1. The number of aromatic nitrogens is 2. The number of carbonyl (C=O) groups excluding carboxylic acids is 1. The van der Waals surface area contributed by atoms with Crippen LogP contribution in [-0.2, 0) is 4.79 Å². The van der Waals surface area contributed by atoms with Crippen molar-refractivity contribution in [3.8, 4) is 17.3 Å². The summed E-state index contributed by atoms with van der Waals surface area (Å²) in [5, 5.41) is 33.0. The van der Waals surface area contributed by atoms with Crippen molar-refractivity contribution in [2.24, 2.45) is 0 Å². The van der Waals surface area contributed by atoms with Crippen molar-refractivity contribution < 1.29 is 10.0 Å². The molecule has 11 nitrogen and oxygen atoms in total. The Morgan fingerprint density at radius 3 is 2.64 bits per heavy atom. The quantitative estimate of drug-likeness (QED) is 0.214. The van der Waals surface area contributed by atoms with Gasteiger partial charge in [0.25, 0.3) is 0 Å². The van der Waals surface area contributed by atoms with Crippen LogP contribution in [0.15, 0.2) is 48.5 Å². The fourth-order valence-corrected chi connectivity index (χ4v) is 5.49. The summed E-state index contributed by atoms with van der Waals surface area (Å²) in [5.41, 5.74) is 8.45. The molecule has 36 heavy (non-hydrogen) atoms. The summed E-state index contributed by atoms with van der Waals surface area (Å²) in [6, 6.07) is 16.2. The van der Waals surface area contributed by atoms with Crippen LogP contribution in [0.2, 0.25) is 5.21 Å². The number of amides is 1. The SMILES string of the molecule is CN1CCN(c2ccc(NCC[As]c3ccc(N([O-])O)c(N)n3)nc2-c2ccc(C#N)cc2)C(=O)C1.